The molecular weight excluding hydrogens is 184 g/mol. The monoisotopic (exact) mass is 200 g/mol. The molecule has 2 N–H and O–H groups in total. The molecule has 0 spiro atoms. The first-order valence-corrected chi connectivity index (χ1v) is 5.60. The fourth-order valence-corrected chi connectivity index (χ4v) is 2.26. The average Bonchev–Trinajstić information content (AvgIpc) is 2.54. The number of fused-ring (bicyclic) bond motifs is 1. The van der Waals surface area contributed by atoms with Gasteiger partial charge >= 0.3 is 0 Å². The van der Waals surface area contributed by atoms with Gasteiger partial charge in [-0.25, -0.2) is 0 Å². The van der Waals surface area contributed by atoms with Gasteiger partial charge < -0.3 is 10.3 Å². The molecule has 0 unspecified atom stereocenters. The van der Waals surface area contributed by atoms with Crippen LogP contribution in [0, 0.1) is 12.8 Å². The van der Waals surface area contributed by atoms with Crippen molar-refractivity contribution in [1.29, 1.82) is 0 Å². The second kappa shape index (κ2) is 3.38. The van der Waals surface area contributed by atoms with E-state index in [4.69, 9.17) is 0 Å². The van der Waals surface area contributed by atoms with Gasteiger partial charge in [-0.3, -0.25) is 0 Å². The highest BCUT2D eigenvalue weighted by Gasteiger charge is 2.18. The molecule has 0 bridgehead atoms. The summed E-state index contributed by atoms with van der Waals surface area (Å²) >= 11 is 0. The van der Waals surface area contributed by atoms with Gasteiger partial charge in [-0.1, -0.05) is 11.6 Å². The molecule has 0 saturated carbocycles. The van der Waals surface area contributed by atoms with Crippen molar-refractivity contribution in [2.45, 2.75) is 13.3 Å². The summed E-state index contributed by atoms with van der Waals surface area (Å²) in [4.78, 5) is 3.35. The molecule has 2 heterocycles. The Hall–Kier alpha value is -1.28. The number of hydrogen-bond donors (Lipinski definition) is 2. The van der Waals surface area contributed by atoms with E-state index in [2.05, 4.69) is 41.6 Å². The predicted octanol–water partition coefficient (Wildman–Crippen LogP) is 2.24. The van der Waals surface area contributed by atoms with Gasteiger partial charge in [0.05, 0.1) is 0 Å². The van der Waals surface area contributed by atoms with Gasteiger partial charge in [0.2, 0.25) is 0 Å². The lowest BCUT2D eigenvalue weighted by Crippen LogP contribution is -2.43. The van der Waals surface area contributed by atoms with Gasteiger partial charge in [0.1, 0.15) is 0 Å². The van der Waals surface area contributed by atoms with Gasteiger partial charge in [-0.15, -0.1) is 0 Å². The molecular formula is C13H16N2. The van der Waals surface area contributed by atoms with E-state index in [9.17, 15) is 0 Å². The summed E-state index contributed by atoms with van der Waals surface area (Å²) in [5.41, 5.74) is 4.08. The fourth-order valence-electron chi connectivity index (χ4n) is 2.26. The molecule has 2 nitrogen and oxygen atoms in total. The summed E-state index contributed by atoms with van der Waals surface area (Å²) in [6.07, 6.45) is 3.37. The lowest BCUT2D eigenvalue weighted by molar-refractivity contribution is 0.347. The molecule has 2 aromatic rings. The van der Waals surface area contributed by atoms with Gasteiger partial charge in [-0.05, 0) is 50.0 Å². The SMILES string of the molecule is Cc1ccc2[nH]cc(CC3CNC3)c2c1. The summed E-state index contributed by atoms with van der Waals surface area (Å²) in [5.74, 6) is 0.838. The Bertz CT molecular complexity index is 480. The van der Waals surface area contributed by atoms with Crippen molar-refractivity contribution in [2.75, 3.05) is 13.1 Å². The number of H-pyrrole nitrogens is 1. The predicted molar refractivity (Wildman–Crippen MR) is 63.1 cm³/mol. The smallest absolute Gasteiger partial charge is 0.0456 e. The maximum absolute atomic E-state index is 3.35. The average molecular weight is 200 g/mol. The molecule has 0 amide bonds. The van der Waals surface area contributed by atoms with Crippen molar-refractivity contribution in [3.05, 3.63) is 35.5 Å². The Morgan fingerprint density at radius 1 is 1.33 bits per heavy atom. The summed E-state index contributed by atoms with van der Waals surface area (Å²) in [5, 5.41) is 4.73. The number of aromatic nitrogens is 1. The van der Waals surface area contributed by atoms with E-state index in [0.717, 1.165) is 5.92 Å². The van der Waals surface area contributed by atoms with Gasteiger partial charge in [0.15, 0.2) is 0 Å². The Kier molecular flexibility index (Phi) is 2.03. The zero-order valence-electron chi connectivity index (χ0n) is 9.01. The summed E-state index contributed by atoms with van der Waals surface area (Å²) in [7, 11) is 0. The van der Waals surface area contributed by atoms with Crippen LogP contribution in [0.5, 0.6) is 0 Å². The van der Waals surface area contributed by atoms with Crippen molar-refractivity contribution in [2.24, 2.45) is 5.92 Å². The Labute approximate surface area is 89.7 Å². The van der Waals surface area contributed by atoms with Crippen LogP contribution >= 0.6 is 0 Å². The van der Waals surface area contributed by atoms with E-state index in [-0.39, 0.29) is 0 Å². The zero-order valence-corrected chi connectivity index (χ0v) is 9.01. The van der Waals surface area contributed by atoms with Crippen LogP contribution in [-0.2, 0) is 6.42 Å². The second-order valence-electron chi connectivity index (χ2n) is 4.59. The van der Waals surface area contributed by atoms with Crippen molar-refractivity contribution in [1.82, 2.24) is 10.3 Å². The number of benzene rings is 1. The molecule has 0 aliphatic carbocycles. The van der Waals surface area contributed by atoms with Crippen LogP contribution in [0.25, 0.3) is 10.9 Å². The van der Waals surface area contributed by atoms with Crippen LogP contribution in [0.2, 0.25) is 0 Å². The number of nitrogens with one attached hydrogen (secondary N) is 2. The molecule has 15 heavy (non-hydrogen) atoms. The lowest BCUT2D eigenvalue weighted by atomic mass is 9.94. The maximum Gasteiger partial charge on any atom is 0.0456 e. The fraction of sp³-hybridized carbons (Fsp3) is 0.385. The molecule has 0 radical (unpaired) electrons. The Morgan fingerprint density at radius 2 is 2.20 bits per heavy atom. The first-order valence-electron chi connectivity index (χ1n) is 5.60. The third-order valence-electron chi connectivity index (χ3n) is 3.30. The Morgan fingerprint density at radius 3 is 2.93 bits per heavy atom. The molecule has 1 fully saturated rings. The van der Waals surface area contributed by atoms with Crippen LogP contribution in [0.3, 0.4) is 0 Å². The van der Waals surface area contributed by atoms with Crippen LogP contribution in [0.4, 0.5) is 0 Å². The molecule has 2 heteroatoms. The lowest BCUT2D eigenvalue weighted by Gasteiger charge is -2.26. The largest absolute Gasteiger partial charge is 0.361 e. The molecule has 1 aliphatic heterocycles. The van der Waals surface area contributed by atoms with E-state index < -0.39 is 0 Å². The van der Waals surface area contributed by atoms with Gasteiger partial charge in [0.25, 0.3) is 0 Å². The standard InChI is InChI=1S/C13H16N2/c1-9-2-3-13-12(4-9)11(8-15-13)5-10-6-14-7-10/h2-4,8,10,14-15H,5-7H2,1H3. The molecule has 3 rings (SSSR count). The number of aryl methyl sites for hydroxylation is 1. The maximum atomic E-state index is 3.35. The first kappa shape index (κ1) is 8.98. The van der Waals surface area contributed by atoms with Crippen molar-refractivity contribution in [3.63, 3.8) is 0 Å². The highest BCUT2D eigenvalue weighted by Crippen LogP contribution is 2.23. The highest BCUT2D eigenvalue weighted by molar-refractivity contribution is 5.83. The number of rotatable bonds is 2. The topological polar surface area (TPSA) is 27.8 Å². The zero-order chi connectivity index (χ0) is 10.3. The highest BCUT2D eigenvalue weighted by atomic mass is 14.9. The van der Waals surface area contributed by atoms with E-state index in [1.807, 2.05) is 0 Å². The second-order valence-corrected chi connectivity index (χ2v) is 4.59. The molecule has 78 valence electrons. The number of aromatic amines is 1. The number of hydrogen-bond acceptors (Lipinski definition) is 1. The van der Waals surface area contributed by atoms with E-state index in [1.54, 1.807) is 0 Å². The van der Waals surface area contributed by atoms with E-state index in [1.165, 1.54) is 41.5 Å². The van der Waals surface area contributed by atoms with Gasteiger partial charge in [-0.2, -0.15) is 0 Å². The molecule has 1 aromatic carbocycles. The van der Waals surface area contributed by atoms with Gasteiger partial charge in [0, 0.05) is 17.1 Å². The first-order chi connectivity index (χ1) is 7.33. The molecule has 1 aromatic heterocycles. The molecule has 0 atom stereocenters. The van der Waals surface area contributed by atoms with Crippen molar-refractivity contribution < 1.29 is 0 Å². The third-order valence-corrected chi connectivity index (χ3v) is 3.30. The van der Waals surface area contributed by atoms with Crippen LogP contribution in [0.1, 0.15) is 11.1 Å². The van der Waals surface area contributed by atoms with Crippen LogP contribution in [-0.4, -0.2) is 18.1 Å². The summed E-state index contributed by atoms with van der Waals surface area (Å²) < 4.78 is 0. The minimum absolute atomic E-state index is 0.838. The Balaban J connectivity index is 1.98. The van der Waals surface area contributed by atoms with E-state index in [0.29, 0.717) is 0 Å². The summed E-state index contributed by atoms with van der Waals surface area (Å²) in [6.45, 7) is 4.51. The van der Waals surface area contributed by atoms with Crippen LogP contribution in [0.15, 0.2) is 24.4 Å². The van der Waals surface area contributed by atoms with Crippen molar-refractivity contribution in [3.8, 4) is 0 Å². The van der Waals surface area contributed by atoms with Crippen molar-refractivity contribution >= 4 is 10.9 Å². The van der Waals surface area contributed by atoms with Crippen LogP contribution < -0.4 is 5.32 Å². The summed E-state index contributed by atoms with van der Waals surface area (Å²) in [6, 6.07) is 6.62. The normalized spacial score (nSPS) is 16.9. The molecule has 1 aliphatic rings. The minimum Gasteiger partial charge on any atom is -0.361 e. The molecule has 1 saturated heterocycles. The minimum atomic E-state index is 0.838. The quantitative estimate of drug-likeness (QED) is 0.764. The third kappa shape index (κ3) is 1.55. The van der Waals surface area contributed by atoms with E-state index >= 15 is 0 Å².